The summed E-state index contributed by atoms with van der Waals surface area (Å²) in [6.45, 7) is 0. The van der Waals surface area contributed by atoms with E-state index in [1.54, 1.807) is 18.2 Å². The minimum Gasteiger partial charge on any atom is -0.258 e. The zero-order chi connectivity index (χ0) is 20.6. The summed E-state index contributed by atoms with van der Waals surface area (Å²) in [7, 11) is 0. The fourth-order valence-electron chi connectivity index (χ4n) is 2.86. The van der Waals surface area contributed by atoms with Crippen LogP contribution < -0.4 is 0 Å². The van der Waals surface area contributed by atoms with Gasteiger partial charge in [-0.1, -0.05) is 66.7 Å². The fraction of sp³-hybridized carbons (Fsp3) is 0. The van der Waals surface area contributed by atoms with Gasteiger partial charge in [-0.05, 0) is 34.9 Å². The molecule has 0 aromatic heterocycles. The average molecular weight is 377 g/mol. The average Bonchev–Trinajstić information content (AvgIpc) is 2.77. The van der Waals surface area contributed by atoms with Gasteiger partial charge in [0.15, 0.2) is 0 Å². The Balaban J connectivity index is 2.09. The summed E-state index contributed by atoms with van der Waals surface area (Å²) in [6.07, 6.45) is 3.27. The second-order valence-corrected chi connectivity index (χ2v) is 6.15. The molecule has 0 N–H and O–H groups in total. The predicted molar refractivity (Wildman–Crippen MR) is 113 cm³/mol. The maximum atomic E-state index is 11.7. The van der Waals surface area contributed by atoms with Crippen molar-refractivity contribution in [3.05, 3.63) is 111 Å². The second kappa shape index (κ2) is 8.94. The molecule has 0 atom stereocenters. The molecule has 0 bridgehead atoms. The van der Waals surface area contributed by atoms with E-state index in [0.29, 0.717) is 11.1 Å². The molecule has 138 valence electrons. The van der Waals surface area contributed by atoms with Gasteiger partial charge < -0.3 is 0 Å². The molecule has 3 aromatic carbocycles. The Morgan fingerprint density at radius 3 is 1.79 bits per heavy atom. The smallest absolute Gasteiger partial charge is 0.258 e. The van der Waals surface area contributed by atoms with Crippen LogP contribution in [-0.2, 0) is 0 Å². The lowest BCUT2D eigenvalue weighted by Gasteiger charge is -2.06. The first-order valence-corrected chi connectivity index (χ1v) is 8.75. The normalized spacial score (nSPS) is 11.4. The van der Waals surface area contributed by atoms with Crippen LogP contribution in [0, 0.1) is 32.8 Å². The van der Waals surface area contributed by atoms with Crippen LogP contribution in [0.15, 0.2) is 78.9 Å². The lowest BCUT2D eigenvalue weighted by molar-refractivity contribution is -0.385. The van der Waals surface area contributed by atoms with Gasteiger partial charge in [0.05, 0.1) is 27.7 Å². The van der Waals surface area contributed by atoms with E-state index in [9.17, 15) is 20.6 Å². The van der Waals surface area contributed by atoms with Crippen LogP contribution in [0.3, 0.4) is 0 Å². The van der Waals surface area contributed by atoms with Crippen LogP contribution in [-0.4, -0.2) is 4.92 Å². The summed E-state index contributed by atoms with van der Waals surface area (Å²) in [6, 6.07) is 27.0. The monoisotopic (exact) mass is 377 g/mol. The number of rotatable bonds is 5. The van der Waals surface area contributed by atoms with E-state index in [1.807, 2.05) is 66.7 Å². The summed E-state index contributed by atoms with van der Waals surface area (Å²) < 4.78 is 0. The number of allylic oxidation sites excluding steroid dienone is 2. The Morgan fingerprint density at radius 2 is 1.31 bits per heavy atom. The first kappa shape index (κ1) is 19.3. The summed E-state index contributed by atoms with van der Waals surface area (Å²) in [4.78, 5) is 11.1. The van der Waals surface area contributed by atoms with Gasteiger partial charge >= 0.3 is 0 Å². The number of nitro groups is 1. The van der Waals surface area contributed by atoms with E-state index < -0.39 is 4.92 Å². The van der Waals surface area contributed by atoms with E-state index >= 15 is 0 Å². The Morgan fingerprint density at radius 1 is 0.793 bits per heavy atom. The third-order valence-electron chi connectivity index (χ3n) is 4.26. The number of benzene rings is 3. The molecule has 0 spiro atoms. The minimum atomic E-state index is -0.535. The topological polar surface area (TPSA) is 90.7 Å². The van der Waals surface area contributed by atoms with Crippen molar-refractivity contribution in [3.63, 3.8) is 0 Å². The molecule has 0 fully saturated rings. The van der Waals surface area contributed by atoms with Gasteiger partial charge in [-0.25, -0.2) is 0 Å². The Labute approximate surface area is 168 Å². The number of nitriles is 2. The Kier molecular flexibility index (Phi) is 5.95. The fourth-order valence-corrected chi connectivity index (χ4v) is 2.86. The highest BCUT2D eigenvalue weighted by Crippen LogP contribution is 2.31. The molecule has 5 heteroatoms. The molecular weight excluding hydrogens is 362 g/mol. The number of nitrogens with zero attached hydrogens (tertiary/aromatic N) is 3. The predicted octanol–water partition coefficient (Wildman–Crippen LogP) is 5.72. The summed E-state index contributed by atoms with van der Waals surface area (Å²) in [5, 5.41) is 30.8. The summed E-state index contributed by atoms with van der Waals surface area (Å²) >= 11 is 0. The lowest BCUT2D eigenvalue weighted by atomic mass is 9.97. The second-order valence-electron chi connectivity index (χ2n) is 6.15. The van der Waals surface area contributed by atoms with Gasteiger partial charge in [0, 0.05) is 6.07 Å². The van der Waals surface area contributed by atoms with Crippen molar-refractivity contribution in [1.29, 1.82) is 10.5 Å². The Hall–Kier alpha value is -4.48. The zero-order valence-corrected chi connectivity index (χ0v) is 15.3. The molecule has 29 heavy (non-hydrogen) atoms. The van der Waals surface area contributed by atoms with Gasteiger partial charge in [0.2, 0.25) is 0 Å². The van der Waals surface area contributed by atoms with Crippen molar-refractivity contribution >= 4 is 29.0 Å². The van der Waals surface area contributed by atoms with E-state index in [-0.39, 0.29) is 16.8 Å². The molecule has 0 saturated carbocycles. The van der Waals surface area contributed by atoms with Crippen molar-refractivity contribution in [2.24, 2.45) is 0 Å². The van der Waals surface area contributed by atoms with Gasteiger partial charge in [-0.3, -0.25) is 10.1 Å². The molecule has 0 heterocycles. The molecule has 0 amide bonds. The molecule has 0 saturated heterocycles. The van der Waals surface area contributed by atoms with Gasteiger partial charge in [-0.2, -0.15) is 10.5 Å². The third kappa shape index (κ3) is 4.63. The maximum Gasteiger partial charge on any atom is 0.278 e. The van der Waals surface area contributed by atoms with E-state index in [0.717, 1.165) is 11.1 Å². The van der Waals surface area contributed by atoms with Crippen molar-refractivity contribution < 1.29 is 4.92 Å². The van der Waals surface area contributed by atoms with Crippen LogP contribution in [0.2, 0.25) is 0 Å². The van der Waals surface area contributed by atoms with Crippen molar-refractivity contribution in [2.75, 3.05) is 0 Å². The third-order valence-corrected chi connectivity index (χ3v) is 4.26. The number of hydrogen-bond donors (Lipinski definition) is 0. The van der Waals surface area contributed by atoms with Crippen molar-refractivity contribution in [1.82, 2.24) is 0 Å². The van der Waals surface area contributed by atoms with E-state index in [1.165, 1.54) is 12.1 Å². The van der Waals surface area contributed by atoms with Crippen molar-refractivity contribution in [2.45, 2.75) is 0 Å². The molecule has 5 nitrogen and oxygen atoms in total. The van der Waals surface area contributed by atoms with Gasteiger partial charge in [-0.15, -0.1) is 0 Å². The molecule has 0 unspecified atom stereocenters. The molecular formula is C24H15N3O2. The molecule has 0 aliphatic rings. The summed E-state index contributed by atoms with van der Waals surface area (Å²) in [5.74, 6) is 0. The van der Waals surface area contributed by atoms with E-state index in [4.69, 9.17) is 0 Å². The van der Waals surface area contributed by atoms with E-state index in [2.05, 4.69) is 6.07 Å². The van der Waals surface area contributed by atoms with Gasteiger partial charge in [0.1, 0.15) is 6.07 Å². The quantitative estimate of drug-likeness (QED) is 0.246. The molecule has 0 aliphatic carbocycles. The number of hydrogen-bond acceptors (Lipinski definition) is 4. The lowest BCUT2D eigenvalue weighted by Crippen LogP contribution is -1.96. The Bertz CT molecular complexity index is 1180. The van der Waals surface area contributed by atoms with Crippen molar-refractivity contribution in [3.8, 4) is 12.1 Å². The molecule has 0 radical (unpaired) electrons. The van der Waals surface area contributed by atoms with Crippen LogP contribution in [0.5, 0.6) is 0 Å². The van der Waals surface area contributed by atoms with Crippen LogP contribution in [0.1, 0.15) is 22.3 Å². The first-order valence-electron chi connectivity index (χ1n) is 8.75. The highest BCUT2D eigenvalue weighted by atomic mass is 16.6. The highest BCUT2D eigenvalue weighted by Gasteiger charge is 2.19. The highest BCUT2D eigenvalue weighted by molar-refractivity contribution is 5.95. The largest absolute Gasteiger partial charge is 0.278 e. The molecule has 3 rings (SSSR count). The maximum absolute atomic E-state index is 11.7. The van der Waals surface area contributed by atoms with Crippen LogP contribution >= 0.6 is 0 Å². The molecule has 0 aliphatic heterocycles. The molecule has 3 aromatic rings. The minimum absolute atomic E-state index is 0.181. The first-order chi connectivity index (χ1) is 14.1. The van der Waals surface area contributed by atoms with Crippen LogP contribution in [0.4, 0.5) is 5.69 Å². The standard InChI is InChI=1S/C24H15N3O2/c25-16-21(13-18-7-3-1-4-8-18)20-11-12-23(24(15-20)27(28)29)22(17-26)14-19-9-5-2-6-10-19/h1-15H. The SMILES string of the molecule is N#CC(=Cc1ccccc1)c1ccc(C(C#N)=Cc2ccccc2)c([N+](=O)[O-])c1. The summed E-state index contributed by atoms with van der Waals surface area (Å²) in [5.41, 5.74) is 2.48. The van der Waals surface area contributed by atoms with Gasteiger partial charge in [0.25, 0.3) is 5.69 Å². The zero-order valence-electron chi connectivity index (χ0n) is 15.3. The van der Waals surface area contributed by atoms with Crippen LogP contribution in [0.25, 0.3) is 23.3 Å². The number of nitro benzene ring substituents is 1.